The summed E-state index contributed by atoms with van der Waals surface area (Å²) in [6, 6.07) is 63.9. The van der Waals surface area contributed by atoms with Crippen LogP contribution in [0.3, 0.4) is 0 Å². The quantitative estimate of drug-likeness (QED) is 0.181. The Balaban J connectivity index is 1.18. The second-order valence-electron chi connectivity index (χ2n) is 13.7. The molecule has 0 radical (unpaired) electrons. The molecular formula is C49H31N5. The molecule has 4 heterocycles. The Hall–Kier alpha value is -7.37. The number of aromatic nitrogens is 5. The van der Waals surface area contributed by atoms with Crippen molar-refractivity contribution in [2.45, 2.75) is 0 Å². The predicted molar refractivity (Wildman–Crippen MR) is 222 cm³/mol. The van der Waals surface area contributed by atoms with E-state index < -0.39 is 0 Å². The first-order valence-electron chi connectivity index (χ1n) is 18.2. The van der Waals surface area contributed by atoms with Crippen molar-refractivity contribution in [1.29, 1.82) is 0 Å². The maximum atomic E-state index is 5.22. The summed E-state index contributed by atoms with van der Waals surface area (Å²) >= 11 is 0. The molecule has 0 aliphatic heterocycles. The Morgan fingerprint density at radius 3 is 1.93 bits per heavy atom. The Labute approximate surface area is 311 Å². The summed E-state index contributed by atoms with van der Waals surface area (Å²) in [6.45, 7) is 0. The van der Waals surface area contributed by atoms with Crippen LogP contribution in [0.5, 0.6) is 0 Å². The smallest absolute Gasteiger partial charge is 0.160 e. The highest BCUT2D eigenvalue weighted by Gasteiger charge is 2.20. The van der Waals surface area contributed by atoms with E-state index in [1.165, 1.54) is 16.5 Å². The molecule has 0 unspecified atom stereocenters. The Morgan fingerprint density at radius 1 is 0.389 bits per heavy atom. The highest BCUT2D eigenvalue weighted by molar-refractivity contribution is 6.14. The second kappa shape index (κ2) is 12.1. The molecule has 0 fully saturated rings. The predicted octanol–water partition coefficient (Wildman–Crippen LogP) is 12.2. The minimum absolute atomic E-state index is 0.688. The van der Waals surface area contributed by atoms with Crippen LogP contribution < -0.4 is 0 Å². The third-order valence-corrected chi connectivity index (χ3v) is 10.5. The van der Waals surface area contributed by atoms with Gasteiger partial charge < -0.3 is 4.57 Å². The van der Waals surface area contributed by atoms with Gasteiger partial charge in [0.05, 0.1) is 33.3 Å². The van der Waals surface area contributed by atoms with Crippen molar-refractivity contribution in [2.24, 2.45) is 0 Å². The third kappa shape index (κ3) is 4.83. The molecule has 0 aliphatic rings. The zero-order valence-electron chi connectivity index (χ0n) is 29.1. The lowest BCUT2D eigenvalue weighted by molar-refractivity contribution is 1.16. The average molecular weight is 690 g/mol. The maximum absolute atomic E-state index is 5.22. The van der Waals surface area contributed by atoms with Gasteiger partial charge in [0.15, 0.2) is 5.82 Å². The summed E-state index contributed by atoms with van der Waals surface area (Å²) in [5, 5.41) is 3.36. The fourth-order valence-corrected chi connectivity index (χ4v) is 8.01. The maximum Gasteiger partial charge on any atom is 0.160 e. The van der Waals surface area contributed by atoms with Crippen LogP contribution in [0.2, 0.25) is 0 Å². The van der Waals surface area contributed by atoms with E-state index in [1.54, 1.807) is 0 Å². The highest BCUT2D eigenvalue weighted by atomic mass is 15.0. The van der Waals surface area contributed by atoms with Gasteiger partial charge in [-0.05, 0) is 53.1 Å². The van der Waals surface area contributed by atoms with Crippen molar-refractivity contribution < 1.29 is 0 Å². The van der Waals surface area contributed by atoms with E-state index >= 15 is 0 Å². The molecule has 11 rings (SSSR count). The van der Waals surface area contributed by atoms with Crippen molar-refractivity contribution in [3.8, 4) is 50.6 Å². The monoisotopic (exact) mass is 689 g/mol. The van der Waals surface area contributed by atoms with Gasteiger partial charge in [0.25, 0.3) is 0 Å². The molecular weight excluding hydrogens is 659 g/mol. The van der Waals surface area contributed by atoms with E-state index in [2.05, 4.69) is 173 Å². The number of rotatable bonds is 5. The number of hydrogen-bond donors (Lipinski definition) is 0. The van der Waals surface area contributed by atoms with Crippen LogP contribution in [0, 0.1) is 0 Å². The molecule has 0 bridgehead atoms. The third-order valence-electron chi connectivity index (χ3n) is 10.5. The topological polar surface area (TPSA) is 48.0 Å². The van der Waals surface area contributed by atoms with Gasteiger partial charge >= 0.3 is 0 Å². The molecule has 5 heteroatoms. The molecule has 0 saturated heterocycles. The van der Waals surface area contributed by atoms with Crippen molar-refractivity contribution in [2.75, 3.05) is 0 Å². The highest BCUT2D eigenvalue weighted by Crippen LogP contribution is 2.40. The summed E-state index contributed by atoms with van der Waals surface area (Å²) in [7, 11) is 0. The van der Waals surface area contributed by atoms with Crippen molar-refractivity contribution in [1.82, 2.24) is 23.9 Å². The van der Waals surface area contributed by atoms with Crippen LogP contribution in [0.15, 0.2) is 188 Å². The van der Waals surface area contributed by atoms with Gasteiger partial charge in [0.2, 0.25) is 0 Å². The number of fused-ring (bicyclic) bond motifs is 7. The van der Waals surface area contributed by atoms with Crippen molar-refractivity contribution in [3.05, 3.63) is 188 Å². The minimum atomic E-state index is 0.688. The first kappa shape index (κ1) is 30.3. The van der Waals surface area contributed by atoms with Crippen molar-refractivity contribution >= 4 is 49.4 Å². The van der Waals surface area contributed by atoms with Gasteiger partial charge in [-0.2, -0.15) is 0 Å². The molecule has 7 aromatic carbocycles. The summed E-state index contributed by atoms with van der Waals surface area (Å²) in [5.74, 6) is 0.688. The number of hydrogen-bond acceptors (Lipinski definition) is 3. The van der Waals surface area contributed by atoms with Crippen LogP contribution in [0.1, 0.15) is 0 Å². The molecule has 0 spiro atoms. The van der Waals surface area contributed by atoms with E-state index in [0.29, 0.717) is 5.82 Å². The van der Waals surface area contributed by atoms with Gasteiger partial charge in [0.1, 0.15) is 5.65 Å². The number of benzene rings is 7. The van der Waals surface area contributed by atoms with E-state index in [1.807, 2.05) is 24.3 Å². The summed E-state index contributed by atoms with van der Waals surface area (Å²) in [5.41, 5.74) is 14.8. The molecule has 11 aromatic rings. The molecule has 0 N–H and O–H groups in total. The molecule has 54 heavy (non-hydrogen) atoms. The Kier molecular flexibility index (Phi) is 6.79. The first-order valence-corrected chi connectivity index (χ1v) is 18.2. The second-order valence-corrected chi connectivity index (χ2v) is 13.7. The van der Waals surface area contributed by atoms with Crippen LogP contribution in [-0.4, -0.2) is 23.9 Å². The number of pyridine rings is 1. The molecule has 0 atom stereocenters. The van der Waals surface area contributed by atoms with Crippen LogP contribution in [-0.2, 0) is 0 Å². The lowest BCUT2D eigenvalue weighted by Crippen LogP contribution is -1.99. The fraction of sp³-hybridized carbons (Fsp3) is 0. The fourth-order valence-electron chi connectivity index (χ4n) is 8.01. The average Bonchev–Trinajstić information content (AvgIpc) is 3.78. The van der Waals surface area contributed by atoms with Crippen LogP contribution >= 0.6 is 0 Å². The Morgan fingerprint density at radius 2 is 1.06 bits per heavy atom. The zero-order valence-corrected chi connectivity index (χ0v) is 29.1. The Bertz CT molecular complexity index is 3210. The largest absolute Gasteiger partial charge is 0.308 e. The van der Waals surface area contributed by atoms with Gasteiger partial charge in [0, 0.05) is 50.8 Å². The molecule has 0 aliphatic carbocycles. The molecule has 252 valence electrons. The number of nitrogens with zero attached hydrogens (tertiary/aromatic N) is 5. The SMILES string of the molecule is c1ccc(-c2cccc(-c3cccc4c5cn6c(cc5n(-c5cccc(-c7nc(-c8ccccc8)c8ccccc8n7)c5)c34)nc3ccccc36)c2)cc1. The van der Waals surface area contributed by atoms with E-state index in [-0.39, 0.29) is 0 Å². The van der Waals surface area contributed by atoms with Gasteiger partial charge in [-0.1, -0.05) is 140 Å². The molecule has 0 saturated carbocycles. The lowest BCUT2D eigenvalue weighted by atomic mass is 9.97. The normalized spacial score (nSPS) is 11.7. The number of imidazole rings is 1. The number of para-hydroxylation sites is 4. The first-order chi connectivity index (χ1) is 26.8. The van der Waals surface area contributed by atoms with Gasteiger partial charge in [-0.15, -0.1) is 0 Å². The molecule has 4 aromatic heterocycles. The summed E-state index contributed by atoms with van der Waals surface area (Å²) < 4.78 is 4.62. The van der Waals surface area contributed by atoms with E-state index in [0.717, 1.165) is 77.6 Å². The van der Waals surface area contributed by atoms with Crippen molar-refractivity contribution in [3.63, 3.8) is 0 Å². The summed E-state index contributed by atoms with van der Waals surface area (Å²) in [6.07, 6.45) is 2.26. The molecule has 0 amide bonds. The minimum Gasteiger partial charge on any atom is -0.308 e. The van der Waals surface area contributed by atoms with Gasteiger partial charge in [-0.3, -0.25) is 4.40 Å². The summed E-state index contributed by atoms with van der Waals surface area (Å²) in [4.78, 5) is 15.4. The zero-order chi connectivity index (χ0) is 35.6. The van der Waals surface area contributed by atoms with Crippen LogP contribution in [0.25, 0.3) is 100.0 Å². The lowest BCUT2D eigenvalue weighted by Gasteiger charge is -2.14. The standard InChI is InChI=1S/C49H31N5/c1-3-14-32(15-4-1)34-18-11-19-35(28-34)38-23-13-24-39-41-31-53-44-27-10-9-26-43(44)50-46(53)30-45(41)54(48(38)39)37-21-12-20-36(29-37)49-51-42-25-8-7-22-40(42)47(52-49)33-16-5-2-6-17-33/h1-31H. The van der Waals surface area contributed by atoms with Gasteiger partial charge in [-0.25, -0.2) is 15.0 Å². The van der Waals surface area contributed by atoms with E-state index in [9.17, 15) is 0 Å². The van der Waals surface area contributed by atoms with E-state index in [4.69, 9.17) is 15.0 Å². The molecule has 5 nitrogen and oxygen atoms in total. The van der Waals surface area contributed by atoms with Crippen LogP contribution in [0.4, 0.5) is 0 Å².